The van der Waals surface area contributed by atoms with E-state index in [2.05, 4.69) is 22.1 Å². The monoisotopic (exact) mass is 496 g/mol. The minimum absolute atomic E-state index is 0.449. The second kappa shape index (κ2) is 10.4. The van der Waals surface area contributed by atoms with Crippen LogP contribution in [0.5, 0.6) is 5.75 Å². The van der Waals surface area contributed by atoms with Crippen LogP contribution in [0.25, 0.3) is 16.6 Å². The van der Waals surface area contributed by atoms with Crippen molar-refractivity contribution in [2.24, 2.45) is 0 Å². The van der Waals surface area contributed by atoms with Gasteiger partial charge in [0.15, 0.2) is 0 Å². The van der Waals surface area contributed by atoms with Gasteiger partial charge in [0.05, 0.1) is 23.4 Å². The predicted molar refractivity (Wildman–Crippen MR) is 132 cm³/mol. The van der Waals surface area contributed by atoms with Crippen molar-refractivity contribution in [3.05, 3.63) is 90.1 Å². The summed E-state index contributed by atoms with van der Waals surface area (Å²) in [6.45, 7) is 2.32. The SMILES string of the molecule is C[C@H](NC(=O)C(F)(F)F)[C@H](Oc1ccc2c(cnn2-c2ccc(CN(C)C)cc2)c1)c1ccccc1. The Morgan fingerprint density at radius 2 is 1.75 bits per heavy atom. The van der Waals surface area contributed by atoms with Crippen molar-refractivity contribution in [1.82, 2.24) is 20.0 Å². The Morgan fingerprint density at radius 1 is 1.06 bits per heavy atom. The number of nitrogens with zero attached hydrogens (tertiary/aromatic N) is 3. The minimum Gasteiger partial charge on any atom is -0.484 e. The van der Waals surface area contributed by atoms with Crippen LogP contribution in [-0.2, 0) is 11.3 Å². The van der Waals surface area contributed by atoms with Crippen molar-refractivity contribution in [3.8, 4) is 11.4 Å². The first-order valence-corrected chi connectivity index (χ1v) is 11.4. The van der Waals surface area contributed by atoms with Crippen LogP contribution >= 0.6 is 0 Å². The Balaban J connectivity index is 1.59. The number of ether oxygens (including phenoxy) is 1. The average molecular weight is 497 g/mol. The Bertz CT molecular complexity index is 1320. The smallest absolute Gasteiger partial charge is 0.471 e. The molecule has 4 rings (SSSR count). The van der Waals surface area contributed by atoms with Gasteiger partial charge >= 0.3 is 12.1 Å². The van der Waals surface area contributed by atoms with E-state index >= 15 is 0 Å². The van der Waals surface area contributed by atoms with E-state index in [0.29, 0.717) is 11.3 Å². The summed E-state index contributed by atoms with van der Waals surface area (Å²) in [5, 5.41) is 7.32. The summed E-state index contributed by atoms with van der Waals surface area (Å²) in [4.78, 5) is 13.6. The third-order valence-corrected chi connectivity index (χ3v) is 5.68. The summed E-state index contributed by atoms with van der Waals surface area (Å²) in [5.74, 6) is -1.56. The van der Waals surface area contributed by atoms with Gasteiger partial charge in [0, 0.05) is 11.9 Å². The van der Waals surface area contributed by atoms with Gasteiger partial charge in [0.1, 0.15) is 11.9 Å². The molecule has 0 saturated heterocycles. The highest BCUT2D eigenvalue weighted by atomic mass is 19.4. The van der Waals surface area contributed by atoms with Gasteiger partial charge in [-0.1, -0.05) is 42.5 Å². The van der Waals surface area contributed by atoms with Crippen molar-refractivity contribution in [2.75, 3.05) is 14.1 Å². The number of aromatic nitrogens is 2. The van der Waals surface area contributed by atoms with E-state index in [-0.39, 0.29) is 0 Å². The van der Waals surface area contributed by atoms with Gasteiger partial charge in [-0.15, -0.1) is 0 Å². The normalized spacial score (nSPS) is 13.5. The fourth-order valence-corrected chi connectivity index (χ4v) is 4.01. The van der Waals surface area contributed by atoms with E-state index < -0.39 is 24.2 Å². The Labute approximate surface area is 207 Å². The molecule has 0 bridgehead atoms. The lowest BCUT2D eigenvalue weighted by Crippen LogP contribution is -2.45. The number of halogens is 3. The largest absolute Gasteiger partial charge is 0.484 e. The summed E-state index contributed by atoms with van der Waals surface area (Å²) < 4.78 is 46.4. The lowest BCUT2D eigenvalue weighted by Gasteiger charge is -2.27. The van der Waals surface area contributed by atoms with E-state index in [1.165, 1.54) is 12.5 Å². The first kappa shape index (κ1) is 25.2. The van der Waals surface area contributed by atoms with Crippen LogP contribution in [0.4, 0.5) is 13.2 Å². The Hall–Kier alpha value is -3.85. The number of fused-ring (bicyclic) bond motifs is 1. The van der Waals surface area contributed by atoms with E-state index in [0.717, 1.165) is 23.1 Å². The molecule has 0 unspecified atom stereocenters. The van der Waals surface area contributed by atoms with Crippen molar-refractivity contribution in [3.63, 3.8) is 0 Å². The Morgan fingerprint density at radius 3 is 2.39 bits per heavy atom. The van der Waals surface area contributed by atoms with Crippen LogP contribution in [-0.4, -0.2) is 46.9 Å². The van der Waals surface area contributed by atoms with Crippen LogP contribution in [0.3, 0.4) is 0 Å². The number of amides is 1. The van der Waals surface area contributed by atoms with Crippen LogP contribution < -0.4 is 10.1 Å². The third-order valence-electron chi connectivity index (χ3n) is 5.68. The number of nitrogens with one attached hydrogen (secondary N) is 1. The fraction of sp³-hybridized carbons (Fsp3) is 0.259. The maximum atomic E-state index is 12.8. The highest BCUT2D eigenvalue weighted by Crippen LogP contribution is 2.29. The average Bonchev–Trinajstić information content (AvgIpc) is 3.26. The summed E-state index contributed by atoms with van der Waals surface area (Å²) in [6.07, 6.45) is -4.11. The summed E-state index contributed by atoms with van der Waals surface area (Å²) in [5.41, 5.74) is 3.60. The molecule has 188 valence electrons. The molecule has 1 heterocycles. The maximum absolute atomic E-state index is 12.8. The first-order chi connectivity index (χ1) is 17.1. The molecule has 3 aromatic carbocycles. The summed E-state index contributed by atoms with van der Waals surface area (Å²) in [7, 11) is 4.03. The van der Waals surface area contributed by atoms with Gasteiger partial charge in [-0.25, -0.2) is 4.68 Å². The van der Waals surface area contributed by atoms with Gasteiger partial charge in [0.25, 0.3) is 0 Å². The zero-order chi connectivity index (χ0) is 25.9. The van der Waals surface area contributed by atoms with E-state index in [1.54, 1.807) is 48.7 Å². The van der Waals surface area contributed by atoms with Crippen LogP contribution in [0.15, 0.2) is 79.0 Å². The van der Waals surface area contributed by atoms with E-state index in [4.69, 9.17) is 4.74 Å². The van der Waals surface area contributed by atoms with Gasteiger partial charge in [-0.2, -0.15) is 18.3 Å². The quantitative estimate of drug-likeness (QED) is 0.361. The summed E-state index contributed by atoms with van der Waals surface area (Å²) >= 11 is 0. The first-order valence-electron chi connectivity index (χ1n) is 11.4. The molecular formula is C27H27F3N4O2. The van der Waals surface area contributed by atoms with Gasteiger partial charge in [-0.05, 0) is 62.5 Å². The zero-order valence-corrected chi connectivity index (χ0v) is 20.2. The van der Waals surface area contributed by atoms with E-state index in [1.807, 2.05) is 42.3 Å². The minimum atomic E-state index is -4.98. The molecule has 0 aliphatic rings. The molecule has 4 aromatic rings. The number of carbonyl (C=O) groups is 1. The van der Waals surface area contributed by atoms with Crippen molar-refractivity contribution in [2.45, 2.75) is 31.8 Å². The topological polar surface area (TPSA) is 59.4 Å². The molecule has 1 N–H and O–H groups in total. The number of alkyl halides is 3. The number of hydrogen-bond donors (Lipinski definition) is 1. The third kappa shape index (κ3) is 5.85. The van der Waals surface area contributed by atoms with Gasteiger partial charge in [-0.3, -0.25) is 4.79 Å². The molecular weight excluding hydrogens is 469 g/mol. The van der Waals surface area contributed by atoms with Gasteiger partial charge in [0.2, 0.25) is 0 Å². The molecule has 1 amide bonds. The highest BCUT2D eigenvalue weighted by molar-refractivity contribution is 5.82. The van der Waals surface area contributed by atoms with E-state index in [9.17, 15) is 18.0 Å². The molecule has 2 atom stereocenters. The van der Waals surface area contributed by atoms with Crippen molar-refractivity contribution in [1.29, 1.82) is 0 Å². The molecule has 0 aliphatic carbocycles. The number of hydrogen-bond acceptors (Lipinski definition) is 4. The highest BCUT2D eigenvalue weighted by Gasteiger charge is 2.40. The van der Waals surface area contributed by atoms with Crippen molar-refractivity contribution < 1.29 is 22.7 Å². The predicted octanol–water partition coefficient (Wildman–Crippen LogP) is 5.27. The molecule has 0 aliphatic heterocycles. The van der Waals surface area contributed by atoms with Crippen LogP contribution in [0.2, 0.25) is 0 Å². The molecule has 0 fully saturated rings. The van der Waals surface area contributed by atoms with Crippen LogP contribution in [0, 0.1) is 0 Å². The molecule has 6 nitrogen and oxygen atoms in total. The molecule has 1 aromatic heterocycles. The fourth-order valence-electron chi connectivity index (χ4n) is 4.01. The number of rotatable bonds is 8. The molecule has 9 heteroatoms. The second-order valence-corrected chi connectivity index (χ2v) is 8.89. The molecule has 0 saturated carbocycles. The molecule has 0 spiro atoms. The lowest BCUT2D eigenvalue weighted by atomic mass is 10.0. The lowest BCUT2D eigenvalue weighted by molar-refractivity contribution is -0.174. The van der Waals surface area contributed by atoms with Gasteiger partial charge < -0.3 is 15.0 Å². The number of carbonyl (C=O) groups excluding carboxylic acids is 1. The standard InChI is InChI=1S/C27H27F3N4O2/c1-18(32-26(35)27(28,29)30)25(20-7-5-4-6-8-20)36-23-13-14-24-21(15-23)16-31-34(24)22-11-9-19(10-12-22)17-33(2)3/h4-16,18,25H,17H2,1-3H3,(H,32,35)/t18-,25-/m0/s1. The van der Waals surface area contributed by atoms with Crippen LogP contribution in [0.1, 0.15) is 24.2 Å². The Kier molecular flexibility index (Phi) is 7.30. The molecule has 0 radical (unpaired) electrons. The number of benzene rings is 3. The summed E-state index contributed by atoms with van der Waals surface area (Å²) in [6, 6.07) is 21.4. The zero-order valence-electron chi connectivity index (χ0n) is 20.2. The maximum Gasteiger partial charge on any atom is 0.471 e. The molecule has 36 heavy (non-hydrogen) atoms. The second-order valence-electron chi connectivity index (χ2n) is 8.89. The van der Waals surface area contributed by atoms with Crippen molar-refractivity contribution >= 4 is 16.8 Å².